The van der Waals surface area contributed by atoms with E-state index in [-0.39, 0.29) is 0 Å². The molecule has 1 atom stereocenters. The van der Waals surface area contributed by atoms with Crippen LogP contribution >= 0.6 is 0 Å². The molecule has 1 aliphatic carbocycles. The Morgan fingerprint density at radius 2 is 1.81 bits per heavy atom. The summed E-state index contributed by atoms with van der Waals surface area (Å²) in [5.74, 6) is 2.57. The van der Waals surface area contributed by atoms with E-state index in [1.807, 2.05) is 12.1 Å². The Bertz CT molecular complexity index is 425. The third kappa shape index (κ3) is 4.63. The van der Waals surface area contributed by atoms with Crippen molar-refractivity contribution in [3.63, 3.8) is 0 Å². The zero-order valence-electron chi connectivity index (χ0n) is 13.7. The molecule has 1 N–H and O–H groups in total. The Kier molecular flexibility index (Phi) is 6.37. The molecule has 1 aromatic rings. The Hall–Kier alpha value is -1.22. The summed E-state index contributed by atoms with van der Waals surface area (Å²) < 4.78 is 10.8. The first kappa shape index (κ1) is 16.2. The van der Waals surface area contributed by atoms with Crippen molar-refractivity contribution >= 4 is 0 Å². The van der Waals surface area contributed by atoms with Gasteiger partial charge in [-0.2, -0.15) is 0 Å². The molecule has 0 spiro atoms. The largest absolute Gasteiger partial charge is 0.497 e. The lowest BCUT2D eigenvalue weighted by Crippen LogP contribution is -2.26. The van der Waals surface area contributed by atoms with Gasteiger partial charge < -0.3 is 14.8 Å². The number of hydrogen-bond acceptors (Lipinski definition) is 3. The minimum absolute atomic E-state index is 0.300. The summed E-state index contributed by atoms with van der Waals surface area (Å²) in [6, 6.07) is 6.36. The normalized spacial score (nSPS) is 18.0. The molecule has 0 saturated heterocycles. The Labute approximate surface area is 129 Å². The lowest BCUT2D eigenvalue weighted by molar-refractivity contribution is 0.375. The second-order valence-corrected chi connectivity index (χ2v) is 6.10. The van der Waals surface area contributed by atoms with Crippen molar-refractivity contribution in [1.82, 2.24) is 5.32 Å². The number of hydrogen-bond donors (Lipinski definition) is 1. The predicted octanol–water partition coefficient (Wildman–Crippen LogP) is 4.32. The van der Waals surface area contributed by atoms with Crippen molar-refractivity contribution < 1.29 is 9.47 Å². The van der Waals surface area contributed by atoms with Gasteiger partial charge in [0.2, 0.25) is 0 Å². The van der Waals surface area contributed by atoms with Crippen LogP contribution in [-0.4, -0.2) is 20.8 Å². The van der Waals surface area contributed by atoms with Crippen LogP contribution in [0.2, 0.25) is 0 Å². The minimum atomic E-state index is 0.300. The van der Waals surface area contributed by atoms with Crippen LogP contribution in [0.25, 0.3) is 0 Å². The Balaban J connectivity index is 1.94. The molecule has 2 rings (SSSR count). The van der Waals surface area contributed by atoms with Crippen molar-refractivity contribution in [2.75, 3.05) is 20.8 Å². The molecule has 0 amide bonds. The van der Waals surface area contributed by atoms with Gasteiger partial charge in [0, 0.05) is 17.7 Å². The summed E-state index contributed by atoms with van der Waals surface area (Å²) >= 11 is 0. The summed E-state index contributed by atoms with van der Waals surface area (Å²) in [6.45, 7) is 3.32. The van der Waals surface area contributed by atoms with Gasteiger partial charge in [0.25, 0.3) is 0 Å². The minimum Gasteiger partial charge on any atom is -0.497 e. The molecule has 1 saturated carbocycles. The van der Waals surface area contributed by atoms with Crippen LogP contribution < -0.4 is 14.8 Å². The highest BCUT2D eigenvalue weighted by Gasteiger charge is 2.16. The van der Waals surface area contributed by atoms with Gasteiger partial charge in [-0.1, -0.05) is 31.7 Å². The topological polar surface area (TPSA) is 30.5 Å². The summed E-state index contributed by atoms with van der Waals surface area (Å²) in [7, 11) is 3.40. The molecule has 0 bridgehead atoms. The molecule has 0 aromatic heterocycles. The maximum absolute atomic E-state index is 5.50. The van der Waals surface area contributed by atoms with E-state index in [1.54, 1.807) is 14.2 Å². The van der Waals surface area contributed by atoms with Crippen LogP contribution in [0.5, 0.6) is 11.5 Å². The second kappa shape index (κ2) is 8.28. The van der Waals surface area contributed by atoms with E-state index < -0.39 is 0 Å². The Morgan fingerprint density at radius 3 is 2.43 bits per heavy atom. The van der Waals surface area contributed by atoms with Crippen molar-refractivity contribution in [1.29, 1.82) is 0 Å². The molecule has 118 valence electrons. The number of ether oxygens (including phenoxy) is 2. The monoisotopic (exact) mass is 291 g/mol. The maximum atomic E-state index is 5.50. The van der Waals surface area contributed by atoms with E-state index >= 15 is 0 Å². The van der Waals surface area contributed by atoms with Gasteiger partial charge in [-0.3, -0.25) is 0 Å². The molecule has 0 heterocycles. The highest BCUT2D eigenvalue weighted by atomic mass is 16.5. The van der Waals surface area contributed by atoms with E-state index in [0.29, 0.717) is 6.04 Å². The van der Waals surface area contributed by atoms with Gasteiger partial charge in [-0.05, 0) is 38.3 Å². The highest BCUT2D eigenvalue weighted by molar-refractivity contribution is 5.42. The van der Waals surface area contributed by atoms with Crippen LogP contribution in [0.3, 0.4) is 0 Å². The predicted molar refractivity (Wildman–Crippen MR) is 87.2 cm³/mol. The standard InChI is InChI=1S/C18H29NO2/c1-14(19-13-15-8-6-4-5-7-9-15)17-11-10-16(20-2)12-18(17)21-3/h10-12,14-15,19H,4-9,13H2,1-3H3. The van der Waals surface area contributed by atoms with Gasteiger partial charge in [-0.15, -0.1) is 0 Å². The summed E-state index contributed by atoms with van der Waals surface area (Å²) in [5, 5.41) is 3.69. The van der Waals surface area contributed by atoms with Crippen LogP contribution in [0, 0.1) is 5.92 Å². The number of rotatable bonds is 6. The van der Waals surface area contributed by atoms with Crippen molar-refractivity contribution in [2.45, 2.75) is 51.5 Å². The third-order valence-electron chi connectivity index (χ3n) is 4.59. The van der Waals surface area contributed by atoms with Crippen molar-refractivity contribution in [3.8, 4) is 11.5 Å². The fourth-order valence-corrected chi connectivity index (χ4v) is 3.20. The Morgan fingerprint density at radius 1 is 1.10 bits per heavy atom. The number of benzene rings is 1. The summed E-state index contributed by atoms with van der Waals surface area (Å²) in [6.07, 6.45) is 8.37. The molecule has 3 heteroatoms. The first-order chi connectivity index (χ1) is 10.2. The van der Waals surface area contributed by atoms with Crippen LogP contribution in [0.1, 0.15) is 57.1 Å². The van der Waals surface area contributed by atoms with Gasteiger partial charge >= 0.3 is 0 Å². The SMILES string of the molecule is COc1ccc(C(C)NCC2CCCCCC2)c(OC)c1. The number of methoxy groups -OCH3 is 2. The second-order valence-electron chi connectivity index (χ2n) is 6.10. The van der Waals surface area contributed by atoms with Crippen molar-refractivity contribution in [3.05, 3.63) is 23.8 Å². The fraction of sp³-hybridized carbons (Fsp3) is 0.667. The average Bonchev–Trinajstić information content (AvgIpc) is 2.80. The molecule has 1 aliphatic rings. The number of nitrogens with one attached hydrogen (secondary N) is 1. The van der Waals surface area contributed by atoms with E-state index in [4.69, 9.17) is 9.47 Å². The first-order valence-electron chi connectivity index (χ1n) is 8.20. The van der Waals surface area contributed by atoms with E-state index in [1.165, 1.54) is 44.1 Å². The lowest BCUT2D eigenvalue weighted by atomic mass is 9.99. The molecule has 1 unspecified atom stereocenters. The summed E-state index contributed by atoms with van der Waals surface area (Å²) in [4.78, 5) is 0. The lowest BCUT2D eigenvalue weighted by Gasteiger charge is -2.21. The zero-order valence-corrected chi connectivity index (χ0v) is 13.7. The smallest absolute Gasteiger partial charge is 0.127 e. The van der Waals surface area contributed by atoms with Gasteiger partial charge in [-0.25, -0.2) is 0 Å². The van der Waals surface area contributed by atoms with Crippen LogP contribution in [0.15, 0.2) is 18.2 Å². The maximum Gasteiger partial charge on any atom is 0.127 e. The molecule has 3 nitrogen and oxygen atoms in total. The van der Waals surface area contributed by atoms with E-state index in [0.717, 1.165) is 24.0 Å². The van der Waals surface area contributed by atoms with Crippen molar-refractivity contribution in [2.24, 2.45) is 5.92 Å². The summed E-state index contributed by atoms with van der Waals surface area (Å²) in [5.41, 5.74) is 1.20. The molecule has 1 fully saturated rings. The molecular weight excluding hydrogens is 262 g/mol. The van der Waals surface area contributed by atoms with E-state index in [2.05, 4.69) is 18.3 Å². The van der Waals surface area contributed by atoms with E-state index in [9.17, 15) is 0 Å². The fourth-order valence-electron chi connectivity index (χ4n) is 3.20. The molecule has 0 aliphatic heterocycles. The van der Waals surface area contributed by atoms with Crippen LogP contribution in [0.4, 0.5) is 0 Å². The van der Waals surface area contributed by atoms with Gasteiger partial charge in [0.05, 0.1) is 14.2 Å². The zero-order chi connectivity index (χ0) is 15.1. The third-order valence-corrected chi connectivity index (χ3v) is 4.59. The highest BCUT2D eigenvalue weighted by Crippen LogP contribution is 2.30. The first-order valence-corrected chi connectivity index (χ1v) is 8.20. The molecule has 1 aromatic carbocycles. The van der Waals surface area contributed by atoms with Gasteiger partial charge in [0.15, 0.2) is 0 Å². The molecular formula is C18H29NO2. The molecule has 0 radical (unpaired) electrons. The quantitative estimate of drug-likeness (QED) is 0.792. The molecule has 21 heavy (non-hydrogen) atoms. The van der Waals surface area contributed by atoms with Gasteiger partial charge in [0.1, 0.15) is 11.5 Å². The average molecular weight is 291 g/mol. The van der Waals surface area contributed by atoms with Crippen LogP contribution in [-0.2, 0) is 0 Å².